The van der Waals surface area contributed by atoms with E-state index in [4.69, 9.17) is 34.8 Å². The predicted octanol–water partition coefficient (Wildman–Crippen LogP) is 2.57. The van der Waals surface area contributed by atoms with E-state index in [9.17, 15) is 8.42 Å². The molecule has 0 aliphatic carbocycles. The highest BCUT2D eigenvalue weighted by Crippen LogP contribution is 2.32. The Morgan fingerprint density at radius 1 is 1.14 bits per heavy atom. The topological polar surface area (TPSA) is 48.2 Å². The van der Waals surface area contributed by atoms with Gasteiger partial charge in [0.1, 0.15) is 4.90 Å². The van der Waals surface area contributed by atoms with Crippen LogP contribution >= 0.6 is 34.8 Å². The Labute approximate surface area is 97.0 Å². The molecule has 14 heavy (non-hydrogen) atoms. The summed E-state index contributed by atoms with van der Waals surface area (Å²) in [5.74, 6) is 0. The molecule has 0 saturated carbocycles. The van der Waals surface area contributed by atoms with Crippen molar-refractivity contribution in [3.8, 4) is 0 Å². The van der Waals surface area contributed by atoms with E-state index in [1.807, 2.05) is 0 Å². The van der Waals surface area contributed by atoms with E-state index in [1.54, 1.807) is 0 Å². The maximum atomic E-state index is 11.4. The van der Waals surface area contributed by atoms with Gasteiger partial charge in [0.25, 0.3) is 10.0 Å². The average molecular weight is 274 g/mol. The maximum Gasteiger partial charge on any atom is 0.259 e. The molecule has 0 amide bonds. The Morgan fingerprint density at radius 3 is 1.93 bits per heavy atom. The van der Waals surface area contributed by atoms with Crippen molar-refractivity contribution in [2.45, 2.75) is 4.90 Å². The normalized spacial score (nSPS) is 11.7. The summed E-state index contributed by atoms with van der Waals surface area (Å²) in [6, 6.07) is 2.60. The predicted molar refractivity (Wildman–Crippen MR) is 56.7 cm³/mol. The molecule has 0 saturated heterocycles. The van der Waals surface area contributed by atoms with Gasteiger partial charge in [-0.25, -0.2) is 8.42 Å². The Kier molecular flexibility index (Phi) is 3.66. The van der Waals surface area contributed by atoms with E-state index in [2.05, 4.69) is 4.72 Å². The number of hydrogen-bond donors (Lipinski definition) is 0. The lowest BCUT2D eigenvalue weighted by Crippen LogP contribution is -2.12. The van der Waals surface area contributed by atoms with Gasteiger partial charge in [-0.05, 0) is 12.1 Å². The summed E-state index contributed by atoms with van der Waals surface area (Å²) >= 11 is 17.0. The molecule has 1 radical (unpaired) electrons. The van der Waals surface area contributed by atoms with Crippen molar-refractivity contribution in [1.82, 2.24) is 4.72 Å². The van der Waals surface area contributed by atoms with Gasteiger partial charge >= 0.3 is 0 Å². The van der Waals surface area contributed by atoms with Crippen LogP contribution in [0.4, 0.5) is 0 Å². The van der Waals surface area contributed by atoms with Gasteiger partial charge in [0, 0.05) is 12.1 Å². The monoisotopic (exact) mass is 272 g/mol. The Balaban J connectivity index is 3.51. The molecule has 0 bridgehead atoms. The van der Waals surface area contributed by atoms with Crippen molar-refractivity contribution < 1.29 is 8.42 Å². The van der Waals surface area contributed by atoms with Crippen molar-refractivity contribution in [2.24, 2.45) is 0 Å². The highest BCUT2D eigenvalue weighted by atomic mass is 35.5. The summed E-state index contributed by atoms with van der Waals surface area (Å²) in [5, 5.41) is 0.205. The van der Waals surface area contributed by atoms with Crippen molar-refractivity contribution in [2.75, 3.05) is 7.05 Å². The van der Waals surface area contributed by atoms with Crippen LogP contribution < -0.4 is 4.72 Å². The van der Waals surface area contributed by atoms with Gasteiger partial charge in [0.15, 0.2) is 0 Å². The van der Waals surface area contributed by atoms with Gasteiger partial charge in [0.2, 0.25) is 0 Å². The number of nitrogens with zero attached hydrogens (tertiary/aromatic N) is 1. The molecule has 0 atom stereocenters. The fourth-order valence-corrected chi connectivity index (χ4v) is 3.06. The van der Waals surface area contributed by atoms with Crippen LogP contribution in [0.15, 0.2) is 17.0 Å². The third-order valence-electron chi connectivity index (χ3n) is 1.46. The van der Waals surface area contributed by atoms with Crippen LogP contribution in [0.25, 0.3) is 0 Å². The average Bonchev–Trinajstić information content (AvgIpc) is 2.01. The van der Waals surface area contributed by atoms with Crippen LogP contribution in [0.3, 0.4) is 0 Å². The van der Waals surface area contributed by atoms with Crippen LogP contribution in [-0.4, -0.2) is 15.5 Å². The third kappa shape index (κ3) is 2.32. The lowest BCUT2D eigenvalue weighted by atomic mass is 10.4. The molecule has 0 aliphatic rings. The lowest BCUT2D eigenvalue weighted by molar-refractivity contribution is 0.587. The second kappa shape index (κ2) is 4.24. The Bertz CT molecular complexity index is 435. The fraction of sp³-hybridized carbons (Fsp3) is 0.143. The number of sulfonamides is 1. The molecule has 1 rings (SSSR count). The molecule has 0 spiro atoms. The summed E-state index contributed by atoms with van der Waals surface area (Å²) in [5.41, 5.74) is 0. The van der Waals surface area contributed by atoms with Crippen LogP contribution in [0.5, 0.6) is 0 Å². The number of halogens is 3. The first-order valence-electron chi connectivity index (χ1n) is 3.39. The van der Waals surface area contributed by atoms with Gasteiger partial charge in [-0.15, -0.1) is 4.72 Å². The fourth-order valence-electron chi connectivity index (χ4n) is 0.867. The van der Waals surface area contributed by atoms with E-state index >= 15 is 0 Å². The van der Waals surface area contributed by atoms with Crippen LogP contribution in [0, 0.1) is 0 Å². The first-order valence-corrected chi connectivity index (χ1v) is 5.96. The highest BCUT2D eigenvalue weighted by Gasteiger charge is 2.21. The van der Waals surface area contributed by atoms with Crippen molar-refractivity contribution in [3.63, 3.8) is 0 Å². The molecule has 0 fully saturated rings. The van der Waals surface area contributed by atoms with Crippen molar-refractivity contribution in [3.05, 3.63) is 27.2 Å². The molecule has 77 valence electrons. The van der Waals surface area contributed by atoms with Gasteiger partial charge in [-0.1, -0.05) is 34.8 Å². The van der Waals surface area contributed by atoms with Gasteiger partial charge in [0.05, 0.1) is 10.0 Å². The standard InChI is InChI=1S/C7H5Cl3NO2S/c1-11-14(12,13)7-5(9)2-4(8)3-6(7)10/h2-3H,1H3. The number of rotatable bonds is 2. The SMILES string of the molecule is C[N]S(=O)(=O)c1c(Cl)cc(Cl)cc1Cl. The molecule has 7 heteroatoms. The van der Waals surface area contributed by atoms with Gasteiger partial charge < -0.3 is 0 Å². The molecule has 3 nitrogen and oxygen atoms in total. The zero-order valence-corrected chi connectivity index (χ0v) is 10.0. The minimum absolute atomic E-state index is 0.0342. The van der Waals surface area contributed by atoms with Crippen LogP contribution in [-0.2, 0) is 10.0 Å². The molecule has 1 aromatic carbocycles. The van der Waals surface area contributed by atoms with Crippen LogP contribution in [0.1, 0.15) is 0 Å². The molecule has 0 N–H and O–H groups in total. The summed E-state index contributed by atoms with van der Waals surface area (Å²) in [6.45, 7) is 0. The molecular weight excluding hydrogens is 269 g/mol. The summed E-state index contributed by atoms with van der Waals surface area (Å²) < 4.78 is 26.0. The summed E-state index contributed by atoms with van der Waals surface area (Å²) in [7, 11) is -2.62. The molecule has 0 unspecified atom stereocenters. The third-order valence-corrected chi connectivity index (χ3v) is 3.94. The quantitative estimate of drug-likeness (QED) is 0.831. The minimum Gasteiger partial charge on any atom is -0.205 e. The van der Waals surface area contributed by atoms with Crippen molar-refractivity contribution >= 4 is 44.8 Å². The zero-order chi connectivity index (χ0) is 10.9. The first kappa shape index (κ1) is 12.1. The van der Waals surface area contributed by atoms with E-state index in [-0.39, 0.29) is 20.0 Å². The summed E-state index contributed by atoms with van der Waals surface area (Å²) in [6.07, 6.45) is 0. The molecule has 0 aliphatic heterocycles. The molecular formula is C7H5Cl3NO2S. The highest BCUT2D eigenvalue weighted by molar-refractivity contribution is 7.89. The minimum atomic E-state index is -3.77. The second-order valence-electron chi connectivity index (χ2n) is 2.36. The second-order valence-corrected chi connectivity index (χ2v) is 5.33. The first-order chi connectivity index (χ1) is 6.38. The van der Waals surface area contributed by atoms with Crippen LogP contribution in [0.2, 0.25) is 15.1 Å². The van der Waals surface area contributed by atoms with E-state index < -0.39 is 10.0 Å². The summed E-state index contributed by atoms with van der Waals surface area (Å²) in [4.78, 5) is -0.215. The van der Waals surface area contributed by atoms with Gasteiger partial charge in [-0.2, -0.15) is 0 Å². The smallest absolute Gasteiger partial charge is 0.205 e. The number of benzene rings is 1. The molecule has 0 aromatic heterocycles. The van der Waals surface area contributed by atoms with E-state index in [0.717, 1.165) is 7.05 Å². The zero-order valence-electron chi connectivity index (χ0n) is 6.96. The molecule has 1 aromatic rings. The Morgan fingerprint density at radius 2 is 1.57 bits per heavy atom. The number of hydrogen-bond acceptors (Lipinski definition) is 2. The lowest BCUT2D eigenvalue weighted by Gasteiger charge is -2.06. The van der Waals surface area contributed by atoms with Crippen molar-refractivity contribution in [1.29, 1.82) is 0 Å². The maximum absolute atomic E-state index is 11.4. The Hall–Kier alpha value is -0.000000000000000111. The van der Waals surface area contributed by atoms with Gasteiger partial charge in [-0.3, -0.25) is 0 Å². The largest absolute Gasteiger partial charge is 0.259 e. The van der Waals surface area contributed by atoms with E-state index in [0.29, 0.717) is 0 Å². The van der Waals surface area contributed by atoms with E-state index in [1.165, 1.54) is 12.1 Å². The molecule has 0 heterocycles.